The molecule has 0 spiro atoms. The van der Waals surface area contributed by atoms with Gasteiger partial charge >= 0.3 is 0 Å². The molecule has 0 saturated heterocycles. The molecular formula is C26H28N4O5. The lowest BCUT2D eigenvalue weighted by Gasteiger charge is -2.30. The smallest absolute Gasteiger partial charge is 0.273 e. The number of amides is 2. The summed E-state index contributed by atoms with van der Waals surface area (Å²) in [5.41, 5.74) is 5.39. The van der Waals surface area contributed by atoms with Crippen molar-refractivity contribution in [2.24, 2.45) is 0 Å². The second-order valence-electron chi connectivity index (χ2n) is 8.79. The molecule has 182 valence electrons. The second kappa shape index (κ2) is 9.77. The fourth-order valence-electron chi connectivity index (χ4n) is 4.52. The van der Waals surface area contributed by atoms with E-state index in [-0.39, 0.29) is 24.3 Å². The topological polar surface area (TPSA) is 107 Å². The highest BCUT2D eigenvalue weighted by Gasteiger charge is 2.24. The molecule has 5 rings (SSSR count). The Morgan fingerprint density at radius 1 is 1.17 bits per heavy atom. The van der Waals surface area contributed by atoms with E-state index in [4.69, 9.17) is 14.0 Å². The first-order chi connectivity index (χ1) is 17.0. The zero-order valence-corrected chi connectivity index (χ0v) is 19.9. The maximum Gasteiger partial charge on any atom is 0.273 e. The molecule has 4 heterocycles. The van der Waals surface area contributed by atoms with E-state index in [0.717, 1.165) is 45.9 Å². The Bertz CT molecular complexity index is 1270. The number of benzene rings is 1. The van der Waals surface area contributed by atoms with Gasteiger partial charge < -0.3 is 24.2 Å². The van der Waals surface area contributed by atoms with Gasteiger partial charge in [0.2, 0.25) is 12.7 Å². The molecular weight excluding hydrogens is 448 g/mol. The van der Waals surface area contributed by atoms with Crippen molar-refractivity contribution in [1.29, 1.82) is 0 Å². The number of hydrogen-bond donors (Lipinski definition) is 1. The van der Waals surface area contributed by atoms with E-state index in [1.54, 1.807) is 6.07 Å². The van der Waals surface area contributed by atoms with E-state index in [1.807, 2.05) is 43.1 Å². The quantitative estimate of drug-likeness (QED) is 0.558. The third kappa shape index (κ3) is 4.84. The van der Waals surface area contributed by atoms with Gasteiger partial charge in [-0.2, -0.15) is 0 Å². The summed E-state index contributed by atoms with van der Waals surface area (Å²) in [6, 6.07) is 7.46. The number of rotatable bonds is 7. The molecule has 2 aromatic heterocycles. The molecule has 0 atom stereocenters. The maximum absolute atomic E-state index is 12.9. The van der Waals surface area contributed by atoms with Gasteiger partial charge in [-0.05, 0) is 54.2 Å². The number of hydrogen-bond acceptors (Lipinski definition) is 7. The number of nitrogens with zero attached hydrogens (tertiary/aromatic N) is 3. The minimum absolute atomic E-state index is 0.113. The average Bonchev–Trinajstić information content (AvgIpc) is 3.55. The summed E-state index contributed by atoms with van der Waals surface area (Å²) in [6.07, 6.45) is 4.32. The minimum atomic E-state index is -0.276. The molecule has 2 aliphatic heterocycles. The Morgan fingerprint density at radius 2 is 2.03 bits per heavy atom. The largest absolute Gasteiger partial charge is 0.454 e. The van der Waals surface area contributed by atoms with Gasteiger partial charge in [0.15, 0.2) is 17.2 Å². The van der Waals surface area contributed by atoms with Gasteiger partial charge in [-0.15, -0.1) is 0 Å². The molecule has 2 amide bonds. The molecule has 9 nitrogen and oxygen atoms in total. The second-order valence-corrected chi connectivity index (χ2v) is 8.79. The number of aryl methyl sites for hydroxylation is 3. The van der Waals surface area contributed by atoms with Crippen LogP contribution in [0.4, 0.5) is 0 Å². The summed E-state index contributed by atoms with van der Waals surface area (Å²) in [4.78, 5) is 31.9. The molecule has 0 radical (unpaired) electrons. The number of fused-ring (bicyclic) bond motifs is 2. The predicted octanol–water partition coefficient (Wildman–Crippen LogP) is 3.12. The fourth-order valence-corrected chi connectivity index (χ4v) is 4.52. The van der Waals surface area contributed by atoms with E-state index in [2.05, 4.69) is 15.5 Å². The van der Waals surface area contributed by atoms with Crippen LogP contribution in [0, 0.1) is 6.92 Å². The number of carbonyl (C=O) groups excluding carboxylic acids is 2. The lowest BCUT2D eigenvalue weighted by Crippen LogP contribution is -2.37. The maximum atomic E-state index is 12.9. The van der Waals surface area contributed by atoms with Crippen molar-refractivity contribution in [2.45, 2.75) is 52.6 Å². The van der Waals surface area contributed by atoms with Crippen molar-refractivity contribution in [3.63, 3.8) is 0 Å². The lowest BCUT2D eigenvalue weighted by molar-refractivity contribution is -0.132. The first-order valence-electron chi connectivity index (χ1n) is 11.9. The Morgan fingerprint density at radius 3 is 2.86 bits per heavy atom. The van der Waals surface area contributed by atoms with Crippen LogP contribution in [0.2, 0.25) is 0 Å². The molecule has 1 aromatic carbocycles. The molecule has 35 heavy (non-hydrogen) atoms. The van der Waals surface area contributed by atoms with Crippen LogP contribution in [0.3, 0.4) is 0 Å². The SMILES string of the molecule is CCc1cc(C(=O)NCc2c(C)ncc3c2CCN(C(=O)CCc2ccc4c(c2)OCO4)C3)no1. The molecule has 0 unspecified atom stereocenters. The standard InChI is InChI=1S/C26H28N4O5/c1-3-19-11-22(29-35-19)26(32)28-13-21-16(2)27-12-18-14-30(9-8-20(18)21)25(31)7-5-17-4-6-23-24(10-17)34-15-33-23/h4,6,10-12H,3,5,7-9,13-15H2,1-2H3,(H,28,32). The van der Waals surface area contributed by atoms with E-state index in [1.165, 1.54) is 0 Å². The predicted molar refractivity (Wildman–Crippen MR) is 126 cm³/mol. The first kappa shape index (κ1) is 22.9. The average molecular weight is 477 g/mol. The highest BCUT2D eigenvalue weighted by molar-refractivity contribution is 5.92. The van der Waals surface area contributed by atoms with Gasteiger partial charge in [0.25, 0.3) is 5.91 Å². The monoisotopic (exact) mass is 476 g/mol. The summed E-state index contributed by atoms with van der Waals surface area (Å²) in [6.45, 7) is 5.64. The molecule has 2 aliphatic rings. The third-order valence-corrected chi connectivity index (χ3v) is 6.58. The van der Waals surface area contributed by atoms with E-state index in [0.29, 0.717) is 44.7 Å². The van der Waals surface area contributed by atoms with Crippen LogP contribution >= 0.6 is 0 Å². The van der Waals surface area contributed by atoms with Gasteiger partial charge in [0.1, 0.15) is 5.76 Å². The van der Waals surface area contributed by atoms with Crippen LogP contribution < -0.4 is 14.8 Å². The summed E-state index contributed by atoms with van der Waals surface area (Å²) in [5.74, 6) is 1.99. The van der Waals surface area contributed by atoms with E-state index < -0.39 is 0 Å². The zero-order valence-electron chi connectivity index (χ0n) is 19.9. The minimum Gasteiger partial charge on any atom is -0.454 e. The number of aromatic nitrogens is 2. The Hall–Kier alpha value is -3.88. The lowest BCUT2D eigenvalue weighted by atomic mass is 9.94. The Labute approximate surface area is 203 Å². The summed E-state index contributed by atoms with van der Waals surface area (Å²) in [7, 11) is 0. The number of nitrogens with one attached hydrogen (secondary N) is 1. The molecule has 0 bridgehead atoms. The van der Waals surface area contributed by atoms with Crippen LogP contribution in [-0.4, -0.2) is 40.2 Å². The highest BCUT2D eigenvalue weighted by atomic mass is 16.7. The van der Waals surface area contributed by atoms with Crippen molar-refractivity contribution in [3.05, 3.63) is 69.9 Å². The van der Waals surface area contributed by atoms with Gasteiger partial charge in [-0.1, -0.05) is 18.1 Å². The van der Waals surface area contributed by atoms with Crippen LogP contribution in [0.15, 0.2) is 35.0 Å². The van der Waals surface area contributed by atoms with Gasteiger partial charge in [-0.25, -0.2) is 0 Å². The van der Waals surface area contributed by atoms with Crippen molar-refractivity contribution in [1.82, 2.24) is 20.4 Å². The summed E-state index contributed by atoms with van der Waals surface area (Å²) in [5, 5.41) is 6.77. The normalized spacial score (nSPS) is 14.1. The summed E-state index contributed by atoms with van der Waals surface area (Å²) >= 11 is 0. The van der Waals surface area contributed by atoms with Crippen LogP contribution in [0.1, 0.15) is 57.5 Å². The van der Waals surface area contributed by atoms with Crippen molar-refractivity contribution in [2.75, 3.05) is 13.3 Å². The van der Waals surface area contributed by atoms with Crippen LogP contribution in [-0.2, 0) is 37.1 Å². The van der Waals surface area contributed by atoms with Crippen LogP contribution in [0.25, 0.3) is 0 Å². The fraction of sp³-hybridized carbons (Fsp3) is 0.385. The Balaban J connectivity index is 1.21. The van der Waals surface area contributed by atoms with Gasteiger partial charge in [-0.3, -0.25) is 14.6 Å². The van der Waals surface area contributed by atoms with Crippen molar-refractivity contribution in [3.8, 4) is 11.5 Å². The highest BCUT2D eigenvalue weighted by Crippen LogP contribution is 2.33. The third-order valence-electron chi connectivity index (χ3n) is 6.58. The first-order valence-corrected chi connectivity index (χ1v) is 11.9. The van der Waals surface area contributed by atoms with Crippen LogP contribution in [0.5, 0.6) is 11.5 Å². The number of ether oxygens (including phenoxy) is 2. The molecule has 0 aliphatic carbocycles. The van der Waals surface area contributed by atoms with Crippen molar-refractivity contribution < 1.29 is 23.6 Å². The van der Waals surface area contributed by atoms with Gasteiger partial charge in [0.05, 0.1) is 0 Å². The number of carbonyl (C=O) groups is 2. The zero-order chi connectivity index (χ0) is 24.4. The molecule has 1 N–H and O–H groups in total. The van der Waals surface area contributed by atoms with Gasteiger partial charge in [0, 0.05) is 50.4 Å². The number of pyridine rings is 1. The van der Waals surface area contributed by atoms with Crippen molar-refractivity contribution >= 4 is 11.8 Å². The molecule has 9 heteroatoms. The van der Waals surface area contributed by atoms with E-state index >= 15 is 0 Å². The molecule has 3 aromatic rings. The Kier molecular flexibility index (Phi) is 6.39. The molecule has 0 saturated carbocycles. The van der Waals surface area contributed by atoms with E-state index in [9.17, 15) is 9.59 Å². The summed E-state index contributed by atoms with van der Waals surface area (Å²) < 4.78 is 15.9. The molecule has 0 fully saturated rings.